The summed E-state index contributed by atoms with van der Waals surface area (Å²) in [6, 6.07) is 0.778. The van der Waals surface area contributed by atoms with Gasteiger partial charge in [0.25, 0.3) is 0 Å². The van der Waals surface area contributed by atoms with Gasteiger partial charge in [-0.1, -0.05) is 13.3 Å². The molecule has 2 aliphatic rings. The molecule has 1 saturated carbocycles. The van der Waals surface area contributed by atoms with Crippen molar-refractivity contribution < 1.29 is 4.74 Å². The molecule has 18 heavy (non-hydrogen) atoms. The fraction of sp³-hybridized carbons (Fsp3) is 0.786. The van der Waals surface area contributed by atoms with Crippen molar-refractivity contribution in [1.82, 2.24) is 10.3 Å². The van der Waals surface area contributed by atoms with Gasteiger partial charge in [-0.15, -0.1) is 11.3 Å². The first-order chi connectivity index (χ1) is 8.86. The Labute approximate surface area is 113 Å². The molecule has 0 aromatic carbocycles. The van der Waals surface area contributed by atoms with Crippen LogP contribution in [0.4, 0.5) is 0 Å². The number of nitrogens with zero attached hydrogens (tertiary/aromatic N) is 1. The quantitative estimate of drug-likeness (QED) is 0.859. The maximum atomic E-state index is 5.48. The molecule has 2 fully saturated rings. The van der Waals surface area contributed by atoms with Crippen molar-refractivity contribution in [3.8, 4) is 0 Å². The van der Waals surface area contributed by atoms with Gasteiger partial charge in [0, 0.05) is 30.0 Å². The van der Waals surface area contributed by atoms with E-state index in [0.29, 0.717) is 5.92 Å². The van der Waals surface area contributed by atoms with Crippen LogP contribution in [0.1, 0.15) is 54.1 Å². The summed E-state index contributed by atoms with van der Waals surface area (Å²) in [7, 11) is 0. The van der Waals surface area contributed by atoms with Crippen molar-refractivity contribution in [3.05, 3.63) is 15.6 Å². The first kappa shape index (κ1) is 12.6. The maximum absolute atomic E-state index is 5.48. The minimum atomic E-state index is 0.556. The summed E-state index contributed by atoms with van der Waals surface area (Å²) in [4.78, 5) is 6.34. The Bertz CT molecular complexity index is 394. The zero-order chi connectivity index (χ0) is 12.4. The van der Waals surface area contributed by atoms with Crippen LogP contribution in [0.25, 0.3) is 0 Å². The second-order valence-electron chi connectivity index (χ2n) is 5.39. The molecule has 0 amide bonds. The lowest BCUT2D eigenvalue weighted by Crippen LogP contribution is -2.15. The number of hydrogen-bond donors (Lipinski definition) is 1. The third-order valence-corrected chi connectivity index (χ3v) is 4.95. The number of ether oxygens (including phenoxy) is 1. The number of aryl methyl sites for hydroxylation is 1. The lowest BCUT2D eigenvalue weighted by molar-refractivity contribution is 0.194. The zero-order valence-electron chi connectivity index (χ0n) is 11.1. The van der Waals surface area contributed by atoms with Crippen LogP contribution in [0.5, 0.6) is 0 Å². The van der Waals surface area contributed by atoms with Crippen LogP contribution in [0, 0.1) is 0 Å². The normalized spacial score (nSPS) is 23.7. The van der Waals surface area contributed by atoms with Crippen LogP contribution in [-0.2, 0) is 17.7 Å². The molecule has 1 unspecified atom stereocenters. The average molecular weight is 266 g/mol. The average Bonchev–Trinajstić information content (AvgIpc) is 2.90. The Hall–Kier alpha value is -0.450. The van der Waals surface area contributed by atoms with E-state index in [2.05, 4.69) is 12.2 Å². The minimum Gasteiger partial charge on any atom is -0.381 e. The van der Waals surface area contributed by atoms with E-state index < -0.39 is 0 Å². The fourth-order valence-corrected chi connectivity index (χ4v) is 3.58. The molecule has 1 saturated heterocycles. The SMILES string of the molecule is CCCc1nc(C2CCOC2)sc1CNC1CC1. The summed E-state index contributed by atoms with van der Waals surface area (Å²) in [5.41, 5.74) is 1.33. The second kappa shape index (κ2) is 5.68. The van der Waals surface area contributed by atoms with E-state index in [0.717, 1.165) is 38.6 Å². The van der Waals surface area contributed by atoms with E-state index in [9.17, 15) is 0 Å². The topological polar surface area (TPSA) is 34.1 Å². The van der Waals surface area contributed by atoms with Crippen molar-refractivity contribution in [1.29, 1.82) is 0 Å². The number of thiazole rings is 1. The Morgan fingerprint density at radius 3 is 2.94 bits per heavy atom. The summed E-state index contributed by atoms with van der Waals surface area (Å²) >= 11 is 1.91. The molecule has 3 nitrogen and oxygen atoms in total. The van der Waals surface area contributed by atoms with E-state index in [1.807, 2.05) is 11.3 Å². The van der Waals surface area contributed by atoms with Crippen molar-refractivity contribution in [2.75, 3.05) is 13.2 Å². The van der Waals surface area contributed by atoms with E-state index >= 15 is 0 Å². The number of aromatic nitrogens is 1. The van der Waals surface area contributed by atoms with Gasteiger partial charge in [0.1, 0.15) is 0 Å². The molecular formula is C14H22N2OS. The molecule has 1 aliphatic heterocycles. The molecular weight excluding hydrogens is 244 g/mol. The highest BCUT2D eigenvalue weighted by molar-refractivity contribution is 7.11. The zero-order valence-corrected chi connectivity index (χ0v) is 11.9. The van der Waals surface area contributed by atoms with Crippen LogP contribution >= 0.6 is 11.3 Å². The Morgan fingerprint density at radius 2 is 2.28 bits per heavy atom. The van der Waals surface area contributed by atoms with Gasteiger partial charge in [0.15, 0.2) is 0 Å². The summed E-state index contributed by atoms with van der Waals surface area (Å²) in [6.45, 7) is 5.03. The largest absolute Gasteiger partial charge is 0.381 e. The van der Waals surface area contributed by atoms with Crippen molar-refractivity contribution >= 4 is 11.3 Å². The first-order valence-electron chi connectivity index (χ1n) is 7.16. The summed E-state index contributed by atoms with van der Waals surface area (Å²) in [5, 5.41) is 4.92. The van der Waals surface area contributed by atoms with E-state index in [4.69, 9.17) is 9.72 Å². The van der Waals surface area contributed by atoms with Crippen molar-refractivity contribution in [3.63, 3.8) is 0 Å². The minimum absolute atomic E-state index is 0.556. The highest BCUT2D eigenvalue weighted by atomic mass is 32.1. The van der Waals surface area contributed by atoms with E-state index in [1.165, 1.54) is 34.8 Å². The van der Waals surface area contributed by atoms with Crippen molar-refractivity contribution in [2.24, 2.45) is 0 Å². The fourth-order valence-electron chi connectivity index (χ4n) is 2.40. The highest BCUT2D eigenvalue weighted by Crippen LogP contribution is 2.32. The molecule has 1 N–H and O–H groups in total. The predicted octanol–water partition coefficient (Wildman–Crippen LogP) is 2.85. The molecule has 1 aliphatic carbocycles. The second-order valence-corrected chi connectivity index (χ2v) is 6.50. The van der Waals surface area contributed by atoms with Gasteiger partial charge in [-0.25, -0.2) is 4.98 Å². The standard InChI is InChI=1S/C14H22N2OS/c1-2-3-12-13(8-15-11-4-5-11)18-14(16-12)10-6-7-17-9-10/h10-11,15H,2-9H2,1H3. The Morgan fingerprint density at radius 1 is 1.39 bits per heavy atom. The third-order valence-electron chi connectivity index (χ3n) is 3.69. The van der Waals surface area contributed by atoms with Gasteiger partial charge in [0.2, 0.25) is 0 Å². The summed E-state index contributed by atoms with van der Waals surface area (Å²) in [5.74, 6) is 0.556. The molecule has 2 heterocycles. The third kappa shape index (κ3) is 2.92. The lowest BCUT2D eigenvalue weighted by Gasteiger charge is -2.01. The van der Waals surface area contributed by atoms with Gasteiger partial charge in [-0.3, -0.25) is 0 Å². The van der Waals surface area contributed by atoms with Gasteiger partial charge < -0.3 is 10.1 Å². The number of rotatable bonds is 6. The molecule has 0 bridgehead atoms. The Kier molecular flexibility index (Phi) is 3.97. The predicted molar refractivity (Wildman–Crippen MR) is 74.1 cm³/mol. The first-order valence-corrected chi connectivity index (χ1v) is 7.98. The summed E-state index contributed by atoms with van der Waals surface area (Å²) in [6.07, 6.45) is 6.15. The maximum Gasteiger partial charge on any atom is 0.0986 e. The smallest absolute Gasteiger partial charge is 0.0986 e. The molecule has 0 spiro atoms. The monoisotopic (exact) mass is 266 g/mol. The van der Waals surface area contributed by atoms with Gasteiger partial charge >= 0.3 is 0 Å². The molecule has 1 atom stereocenters. The van der Waals surface area contributed by atoms with Gasteiger partial charge in [0.05, 0.1) is 17.3 Å². The summed E-state index contributed by atoms with van der Waals surface area (Å²) < 4.78 is 5.48. The van der Waals surface area contributed by atoms with Crippen LogP contribution < -0.4 is 5.32 Å². The Balaban J connectivity index is 1.71. The van der Waals surface area contributed by atoms with Crippen LogP contribution in [-0.4, -0.2) is 24.2 Å². The van der Waals surface area contributed by atoms with Crippen LogP contribution in [0.2, 0.25) is 0 Å². The molecule has 3 rings (SSSR count). The number of nitrogens with one attached hydrogen (secondary N) is 1. The van der Waals surface area contributed by atoms with E-state index in [-0.39, 0.29) is 0 Å². The highest BCUT2D eigenvalue weighted by Gasteiger charge is 2.24. The van der Waals surface area contributed by atoms with E-state index in [1.54, 1.807) is 0 Å². The molecule has 0 radical (unpaired) electrons. The van der Waals surface area contributed by atoms with Crippen molar-refractivity contribution in [2.45, 2.75) is 57.5 Å². The molecule has 1 aromatic heterocycles. The van der Waals surface area contributed by atoms with Gasteiger partial charge in [-0.2, -0.15) is 0 Å². The lowest BCUT2D eigenvalue weighted by atomic mass is 10.1. The van der Waals surface area contributed by atoms with Crippen LogP contribution in [0.15, 0.2) is 0 Å². The molecule has 100 valence electrons. The molecule has 4 heteroatoms. The molecule has 1 aromatic rings. The van der Waals surface area contributed by atoms with Gasteiger partial charge in [-0.05, 0) is 25.7 Å². The number of hydrogen-bond acceptors (Lipinski definition) is 4. The van der Waals surface area contributed by atoms with Crippen LogP contribution in [0.3, 0.4) is 0 Å².